The monoisotopic (exact) mass is 331 g/mol. The number of rotatable bonds is 4. The molecule has 0 aliphatic rings. The number of halogens is 2. The Bertz CT molecular complexity index is 872. The first-order chi connectivity index (χ1) is 11.1. The second-order valence-electron chi connectivity index (χ2n) is 4.66. The first-order valence-electron chi connectivity index (χ1n) is 6.69. The van der Waals surface area contributed by atoms with E-state index >= 15 is 0 Å². The van der Waals surface area contributed by atoms with Gasteiger partial charge in [-0.2, -0.15) is 5.10 Å². The average molecular weight is 332 g/mol. The summed E-state index contributed by atoms with van der Waals surface area (Å²) in [6.45, 7) is -0.0527. The zero-order valence-electron chi connectivity index (χ0n) is 11.8. The van der Waals surface area contributed by atoms with Crippen LogP contribution in [0.25, 0.3) is 11.0 Å². The van der Waals surface area contributed by atoms with Crippen LogP contribution in [-0.2, 0) is 11.3 Å². The zero-order valence-corrected chi connectivity index (χ0v) is 12.5. The second kappa shape index (κ2) is 6.53. The predicted octanol–water partition coefficient (Wildman–Crippen LogP) is 2.37. The molecule has 0 aliphatic carbocycles. The van der Waals surface area contributed by atoms with Crippen LogP contribution in [-0.4, -0.2) is 27.1 Å². The smallest absolute Gasteiger partial charge is 0.261 e. The zero-order chi connectivity index (χ0) is 16.2. The number of nitrogens with zero attached hydrogens (tertiary/aromatic N) is 4. The van der Waals surface area contributed by atoms with Crippen LogP contribution in [0.4, 0.5) is 4.39 Å². The maximum atomic E-state index is 13.5. The van der Waals surface area contributed by atoms with E-state index in [1.165, 1.54) is 22.9 Å². The molecule has 0 saturated heterocycles. The first-order valence-corrected chi connectivity index (χ1v) is 7.07. The van der Waals surface area contributed by atoms with Crippen molar-refractivity contribution in [3.8, 4) is 0 Å². The molecule has 0 atom stereocenters. The summed E-state index contributed by atoms with van der Waals surface area (Å²) in [4.78, 5) is 11.9. The van der Waals surface area contributed by atoms with E-state index in [-0.39, 0.29) is 17.1 Å². The van der Waals surface area contributed by atoms with Crippen molar-refractivity contribution in [3.05, 3.63) is 58.9 Å². The Balaban J connectivity index is 1.67. The van der Waals surface area contributed by atoms with Crippen molar-refractivity contribution in [2.75, 3.05) is 0 Å². The number of para-hydroxylation sites is 1. The molecule has 0 fully saturated rings. The Morgan fingerprint density at radius 2 is 2.13 bits per heavy atom. The van der Waals surface area contributed by atoms with Crippen LogP contribution in [0.2, 0.25) is 5.02 Å². The highest BCUT2D eigenvalue weighted by Gasteiger charge is 2.08. The average Bonchev–Trinajstić information content (AvgIpc) is 2.93. The third-order valence-electron chi connectivity index (χ3n) is 3.10. The molecule has 3 rings (SSSR count). The summed E-state index contributed by atoms with van der Waals surface area (Å²) < 4.78 is 15.0. The molecule has 0 saturated carbocycles. The molecule has 8 heteroatoms. The Hall–Kier alpha value is -2.80. The highest BCUT2D eigenvalue weighted by molar-refractivity contribution is 6.33. The summed E-state index contributed by atoms with van der Waals surface area (Å²) in [6.07, 6.45) is 1.16. The normalized spacial score (nSPS) is 11.2. The number of hydrazone groups is 1. The van der Waals surface area contributed by atoms with E-state index in [4.69, 9.17) is 11.6 Å². The number of aromatic nitrogens is 3. The number of amides is 1. The predicted molar refractivity (Wildman–Crippen MR) is 84.7 cm³/mol. The molecule has 3 aromatic rings. The second-order valence-corrected chi connectivity index (χ2v) is 5.07. The van der Waals surface area contributed by atoms with Gasteiger partial charge in [-0.1, -0.05) is 35.0 Å². The SMILES string of the molecule is O=C(Cn1nnc2ccccc21)N/N=C/c1c(F)cccc1Cl. The number of carbonyl (C=O) groups excluding carboxylic acids is 1. The van der Waals surface area contributed by atoms with Crippen LogP contribution in [0.15, 0.2) is 47.6 Å². The highest BCUT2D eigenvalue weighted by Crippen LogP contribution is 2.16. The molecule has 2 aromatic carbocycles. The summed E-state index contributed by atoms with van der Waals surface area (Å²) in [5.74, 6) is -0.929. The van der Waals surface area contributed by atoms with Crippen molar-refractivity contribution in [1.29, 1.82) is 0 Å². The van der Waals surface area contributed by atoms with Gasteiger partial charge in [0.15, 0.2) is 0 Å². The first kappa shape index (κ1) is 15.1. The van der Waals surface area contributed by atoms with Gasteiger partial charge in [0, 0.05) is 5.56 Å². The number of hydrogen-bond acceptors (Lipinski definition) is 4. The van der Waals surface area contributed by atoms with Gasteiger partial charge < -0.3 is 0 Å². The van der Waals surface area contributed by atoms with Gasteiger partial charge in [-0.25, -0.2) is 14.5 Å². The number of hydrogen-bond donors (Lipinski definition) is 1. The molecule has 1 aromatic heterocycles. The van der Waals surface area contributed by atoms with Crippen molar-refractivity contribution in [3.63, 3.8) is 0 Å². The van der Waals surface area contributed by atoms with Gasteiger partial charge in [-0.05, 0) is 24.3 Å². The van der Waals surface area contributed by atoms with Crippen LogP contribution in [0.1, 0.15) is 5.56 Å². The summed E-state index contributed by atoms with van der Waals surface area (Å²) in [5, 5.41) is 11.8. The van der Waals surface area contributed by atoms with Gasteiger partial charge in [-0.3, -0.25) is 4.79 Å². The van der Waals surface area contributed by atoms with E-state index in [0.717, 1.165) is 11.7 Å². The van der Waals surface area contributed by atoms with Gasteiger partial charge in [0.1, 0.15) is 17.9 Å². The van der Waals surface area contributed by atoms with Crippen molar-refractivity contribution in [2.45, 2.75) is 6.54 Å². The van der Waals surface area contributed by atoms with Crippen molar-refractivity contribution < 1.29 is 9.18 Å². The third kappa shape index (κ3) is 3.35. The maximum absolute atomic E-state index is 13.5. The largest absolute Gasteiger partial charge is 0.271 e. The summed E-state index contributed by atoms with van der Waals surface area (Å²) in [5.41, 5.74) is 3.85. The van der Waals surface area contributed by atoms with Gasteiger partial charge >= 0.3 is 0 Å². The van der Waals surface area contributed by atoms with Crippen LogP contribution in [0.5, 0.6) is 0 Å². The molecule has 1 N–H and O–H groups in total. The van der Waals surface area contributed by atoms with Crippen LogP contribution < -0.4 is 5.43 Å². The fraction of sp³-hybridized carbons (Fsp3) is 0.0667. The van der Waals surface area contributed by atoms with E-state index in [0.29, 0.717) is 5.52 Å². The molecule has 0 aliphatic heterocycles. The molecular weight excluding hydrogens is 321 g/mol. The molecule has 0 radical (unpaired) electrons. The molecule has 1 heterocycles. The highest BCUT2D eigenvalue weighted by atomic mass is 35.5. The minimum atomic E-state index is -0.516. The lowest BCUT2D eigenvalue weighted by Crippen LogP contribution is -2.23. The fourth-order valence-corrected chi connectivity index (χ4v) is 2.22. The molecule has 6 nitrogen and oxygen atoms in total. The molecular formula is C15H11ClFN5O. The number of benzene rings is 2. The van der Waals surface area contributed by atoms with E-state index < -0.39 is 11.7 Å². The fourth-order valence-electron chi connectivity index (χ4n) is 2.01. The number of carbonyl (C=O) groups is 1. The molecule has 23 heavy (non-hydrogen) atoms. The van der Waals surface area contributed by atoms with Crippen molar-refractivity contribution in [1.82, 2.24) is 20.4 Å². The van der Waals surface area contributed by atoms with Gasteiger partial charge in [0.25, 0.3) is 5.91 Å². The summed E-state index contributed by atoms with van der Waals surface area (Å²) >= 11 is 5.86. The maximum Gasteiger partial charge on any atom is 0.261 e. The summed E-state index contributed by atoms with van der Waals surface area (Å²) in [6, 6.07) is 11.6. The molecule has 1 amide bonds. The molecule has 116 valence electrons. The summed E-state index contributed by atoms with van der Waals surface area (Å²) in [7, 11) is 0. The van der Waals surface area contributed by atoms with E-state index in [1.807, 2.05) is 18.2 Å². The topological polar surface area (TPSA) is 72.2 Å². The lowest BCUT2D eigenvalue weighted by atomic mass is 10.2. The van der Waals surface area contributed by atoms with Crippen LogP contribution in [0.3, 0.4) is 0 Å². The van der Waals surface area contributed by atoms with Crippen molar-refractivity contribution >= 4 is 34.8 Å². The number of nitrogens with one attached hydrogen (secondary N) is 1. The lowest BCUT2D eigenvalue weighted by molar-refractivity contribution is -0.121. The Morgan fingerprint density at radius 3 is 2.96 bits per heavy atom. The minimum absolute atomic E-state index is 0.0527. The van der Waals surface area contributed by atoms with Gasteiger partial charge in [0.05, 0.1) is 16.8 Å². The van der Waals surface area contributed by atoms with Gasteiger partial charge in [-0.15, -0.1) is 5.10 Å². The van der Waals surface area contributed by atoms with E-state index in [2.05, 4.69) is 20.8 Å². The molecule has 0 spiro atoms. The Kier molecular flexibility index (Phi) is 4.29. The standard InChI is InChI=1S/C15H11ClFN5O/c16-11-4-3-5-12(17)10(11)8-18-20-15(23)9-22-14-7-2-1-6-13(14)19-21-22/h1-8H,9H2,(H,20,23)/b18-8+. The Morgan fingerprint density at radius 1 is 1.30 bits per heavy atom. The minimum Gasteiger partial charge on any atom is -0.271 e. The van der Waals surface area contributed by atoms with Crippen molar-refractivity contribution in [2.24, 2.45) is 5.10 Å². The Labute approximate surface area is 135 Å². The third-order valence-corrected chi connectivity index (χ3v) is 3.43. The van der Waals surface area contributed by atoms with Gasteiger partial charge in [0.2, 0.25) is 0 Å². The quantitative estimate of drug-likeness (QED) is 0.589. The van der Waals surface area contributed by atoms with Crippen LogP contribution >= 0.6 is 11.6 Å². The molecule has 0 unspecified atom stereocenters. The van der Waals surface area contributed by atoms with Crippen LogP contribution in [0, 0.1) is 5.82 Å². The van der Waals surface area contributed by atoms with E-state index in [9.17, 15) is 9.18 Å². The lowest BCUT2D eigenvalue weighted by Gasteiger charge is -2.02. The van der Waals surface area contributed by atoms with E-state index in [1.54, 1.807) is 6.07 Å². The number of fused-ring (bicyclic) bond motifs is 1. The molecule has 0 bridgehead atoms.